The smallest absolute Gasteiger partial charge is 0.304 e. The summed E-state index contributed by atoms with van der Waals surface area (Å²) >= 11 is 0. The van der Waals surface area contributed by atoms with Crippen molar-refractivity contribution in [1.29, 1.82) is 0 Å². The molecule has 0 saturated carbocycles. The minimum Gasteiger partial charge on any atom is -0.481 e. The van der Waals surface area contributed by atoms with Gasteiger partial charge in [0, 0.05) is 22.9 Å². The summed E-state index contributed by atoms with van der Waals surface area (Å²) in [5.74, 6) is -1.60. The number of benzene rings is 1. The third-order valence-electron chi connectivity index (χ3n) is 4.39. The van der Waals surface area contributed by atoms with E-state index in [2.05, 4.69) is 9.55 Å². The molecule has 1 heterocycles. The Morgan fingerprint density at radius 1 is 1.22 bits per heavy atom. The van der Waals surface area contributed by atoms with E-state index in [4.69, 9.17) is 5.11 Å². The van der Waals surface area contributed by atoms with Crippen LogP contribution in [-0.4, -0.2) is 26.4 Å². The summed E-state index contributed by atoms with van der Waals surface area (Å²) in [6.07, 6.45) is 6.15. The van der Waals surface area contributed by atoms with Crippen LogP contribution in [0.2, 0.25) is 0 Å². The number of imidazole rings is 1. The van der Waals surface area contributed by atoms with Crippen molar-refractivity contribution in [3.8, 4) is 5.69 Å². The fourth-order valence-corrected chi connectivity index (χ4v) is 3.12. The lowest BCUT2D eigenvalue weighted by atomic mass is 9.96. The molecule has 0 bridgehead atoms. The second-order valence-corrected chi connectivity index (χ2v) is 6.13. The lowest BCUT2D eigenvalue weighted by Crippen LogP contribution is -2.15. The number of carbonyl (C=O) groups is 2. The molecule has 0 radical (unpaired) electrons. The number of rotatable bonds is 5. The summed E-state index contributed by atoms with van der Waals surface area (Å²) in [4.78, 5) is 27.4. The van der Waals surface area contributed by atoms with Gasteiger partial charge in [-0.15, -0.1) is 0 Å². The molecule has 0 fully saturated rings. The molecule has 0 spiro atoms. The molecule has 120 valence electrons. The third-order valence-corrected chi connectivity index (χ3v) is 4.39. The number of hydrogen-bond acceptors (Lipinski definition) is 3. The van der Waals surface area contributed by atoms with Gasteiger partial charge in [-0.1, -0.05) is 6.92 Å². The van der Waals surface area contributed by atoms with Gasteiger partial charge in [0.25, 0.3) is 0 Å². The van der Waals surface area contributed by atoms with Gasteiger partial charge >= 0.3 is 5.97 Å². The van der Waals surface area contributed by atoms with Crippen LogP contribution in [-0.2, 0) is 17.6 Å². The molecule has 3 rings (SSSR count). The molecule has 1 aliphatic rings. The SMILES string of the molecule is CC(CC(=O)O)C(=O)c1ccc(-n2cnc3c2CCCC3)cc1. The number of Topliss-reactive ketones (excluding diaryl/α,β-unsaturated/α-hetero) is 1. The number of carboxylic acids is 1. The van der Waals surface area contributed by atoms with Crippen LogP contribution in [0, 0.1) is 5.92 Å². The Kier molecular flexibility index (Phi) is 4.28. The highest BCUT2D eigenvalue weighted by molar-refractivity contribution is 5.99. The summed E-state index contributed by atoms with van der Waals surface area (Å²) < 4.78 is 2.09. The Hall–Kier alpha value is -2.43. The zero-order valence-electron chi connectivity index (χ0n) is 13.2. The van der Waals surface area contributed by atoms with E-state index >= 15 is 0 Å². The third kappa shape index (κ3) is 3.18. The first-order chi connectivity index (χ1) is 11.1. The molecule has 0 amide bonds. The van der Waals surface area contributed by atoms with E-state index in [1.54, 1.807) is 19.1 Å². The van der Waals surface area contributed by atoms with E-state index in [1.165, 1.54) is 24.2 Å². The second-order valence-electron chi connectivity index (χ2n) is 6.13. The van der Waals surface area contributed by atoms with Crippen molar-refractivity contribution in [1.82, 2.24) is 9.55 Å². The molecule has 1 atom stereocenters. The largest absolute Gasteiger partial charge is 0.481 e. The van der Waals surface area contributed by atoms with Crippen molar-refractivity contribution in [3.05, 3.63) is 47.5 Å². The van der Waals surface area contributed by atoms with E-state index in [1.807, 2.05) is 18.5 Å². The molecule has 2 aromatic rings. The molecule has 5 nitrogen and oxygen atoms in total. The molecule has 1 aromatic carbocycles. The van der Waals surface area contributed by atoms with Crippen molar-refractivity contribution in [2.75, 3.05) is 0 Å². The van der Waals surface area contributed by atoms with Gasteiger partial charge in [0.05, 0.1) is 18.4 Å². The number of ketones is 1. The Morgan fingerprint density at radius 2 is 1.91 bits per heavy atom. The lowest BCUT2D eigenvalue weighted by molar-refractivity contribution is -0.137. The molecular weight excluding hydrogens is 292 g/mol. The number of nitrogens with zero attached hydrogens (tertiary/aromatic N) is 2. The van der Waals surface area contributed by atoms with Crippen molar-refractivity contribution < 1.29 is 14.7 Å². The van der Waals surface area contributed by atoms with Crippen LogP contribution < -0.4 is 0 Å². The molecular formula is C18H20N2O3. The van der Waals surface area contributed by atoms with Crippen LogP contribution in [0.15, 0.2) is 30.6 Å². The van der Waals surface area contributed by atoms with E-state index in [-0.39, 0.29) is 12.2 Å². The number of carbonyl (C=O) groups excluding carboxylic acids is 1. The van der Waals surface area contributed by atoms with Crippen LogP contribution in [0.25, 0.3) is 5.69 Å². The fourth-order valence-electron chi connectivity index (χ4n) is 3.12. The predicted octanol–water partition coefficient (Wildman–Crippen LogP) is 3.04. The van der Waals surface area contributed by atoms with Crippen LogP contribution in [0.4, 0.5) is 0 Å². The van der Waals surface area contributed by atoms with E-state index in [9.17, 15) is 9.59 Å². The maximum atomic E-state index is 12.2. The first-order valence-electron chi connectivity index (χ1n) is 7.98. The highest BCUT2D eigenvalue weighted by Gasteiger charge is 2.19. The van der Waals surface area contributed by atoms with Gasteiger partial charge in [-0.3, -0.25) is 9.59 Å². The number of aliphatic carboxylic acids is 1. The van der Waals surface area contributed by atoms with Gasteiger partial charge in [-0.05, 0) is 49.9 Å². The number of hydrogen-bond donors (Lipinski definition) is 1. The molecule has 23 heavy (non-hydrogen) atoms. The monoisotopic (exact) mass is 312 g/mol. The van der Waals surface area contributed by atoms with Crippen molar-refractivity contribution >= 4 is 11.8 Å². The Bertz CT molecular complexity index is 731. The number of fused-ring (bicyclic) bond motifs is 1. The Labute approximate surface area is 135 Å². The molecule has 0 saturated heterocycles. The quantitative estimate of drug-likeness (QED) is 0.861. The highest BCUT2D eigenvalue weighted by Crippen LogP contribution is 2.23. The number of carboxylic acid groups (broad SMARTS) is 1. The van der Waals surface area contributed by atoms with E-state index < -0.39 is 11.9 Å². The fraction of sp³-hybridized carbons (Fsp3) is 0.389. The summed E-state index contributed by atoms with van der Waals surface area (Å²) in [6, 6.07) is 7.34. The van der Waals surface area contributed by atoms with E-state index in [0.29, 0.717) is 5.56 Å². The average molecular weight is 312 g/mol. The Morgan fingerprint density at radius 3 is 2.61 bits per heavy atom. The standard InChI is InChI=1S/C18H20N2O3/c1-12(10-17(21)22)18(23)13-6-8-14(9-7-13)20-11-19-15-4-2-3-5-16(15)20/h6-9,11-12H,2-5,10H2,1H3,(H,21,22). The zero-order chi connectivity index (χ0) is 16.4. The first-order valence-corrected chi connectivity index (χ1v) is 7.98. The van der Waals surface area contributed by atoms with Gasteiger partial charge in [-0.2, -0.15) is 0 Å². The topological polar surface area (TPSA) is 72.2 Å². The minimum atomic E-state index is -0.951. The molecule has 1 unspecified atom stereocenters. The first kappa shape index (κ1) is 15.5. The minimum absolute atomic E-state index is 0.133. The molecule has 1 aromatic heterocycles. The molecule has 1 N–H and O–H groups in total. The molecule has 0 aliphatic heterocycles. The average Bonchev–Trinajstić information content (AvgIpc) is 2.97. The van der Waals surface area contributed by atoms with Crippen molar-refractivity contribution in [3.63, 3.8) is 0 Å². The molecule has 5 heteroatoms. The van der Waals surface area contributed by atoms with Gasteiger partial charge in [0.1, 0.15) is 0 Å². The summed E-state index contributed by atoms with van der Waals surface area (Å²) in [5, 5.41) is 8.80. The summed E-state index contributed by atoms with van der Waals surface area (Å²) in [7, 11) is 0. The van der Waals surface area contributed by atoms with E-state index in [0.717, 1.165) is 18.5 Å². The highest BCUT2D eigenvalue weighted by atomic mass is 16.4. The Balaban J connectivity index is 1.81. The normalized spacial score (nSPS) is 15.0. The lowest BCUT2D eigenvalue weighted by Gasteiger charge is -2.14. The maximum Gasteiger partial charge on any atom is 0.304 e. The van der Waals surface area contributed by atoms with Gasteiger partial charge in [0.15, 0.2) is 5.78 Å². The van der Waals surface area contributed by atoms with Crippen molar-refractivity contribution in [2.45, 2.75) is 39.0 Å². The zero-order valence-corrected chi connectivity index (χ0v) is 13.2. The van der Waals surface area contributed by atoms with Gasteiger partial charge < -0.3 is 9.67 Å². The second kappa shape index (κ2) is 6.36. The van der Waals surface area contributed by atoms with Crippen LogP contribution in [0.3, 0.4) is 0 Å². The summed E-state index contributed by atoms with van der Waals surface area (Å²) in [5.41, 5.74) is 3.97. The predicted molar refractivity (Wildman–Crippen MR) is 86.0 cm³/mol. The number of aromatic nitrogens is 2. The van der Waals surface area contributed by atoms with Crippen LogP contribution in [0.1, 0.15) is 47.9 Å². The van der Waals surface area contributed by atoms with Crippen molar-refractivity contribution in [2.24, 2.45) is 5.92 Å². The summed E-state index contributed by atoms with van der Waals surface area (Å²) in [6.45, 7) is 1.65. The van der Waals surface area contributed by atoms with Crippen LogP contribution in [0.5, 0.6) is 0 Å². The molecule has 1 aliphatic carbocycles. The number of aryl methyl sites for hydroxylation is 1. The van der Waals surface area contributed by atoms with Gasteiger partial charge in [0.2, 0.25) is 0 Å². The van der Waals surface area contributed by atoms with Gasteiger partial charge in [-0.25, -0.2) is 4.98 Å². The maximum absolute atomic E-state index is 12.2. The van der Waals surface area contributed by atoms with Crippen LogP contribution >= 0.6 is 0 Å².